The van der Waals surface area contributed by atoms with Crippen molar-refractivity contribution in [2.45, 2.75) is 36.2 Å². The number of nitrogens with two attached hydrogens (primary N) is 1. The second-order valence-electron chi connectivity index (χ2n) is 8.01. The summed E-state index contributed by atoms with van der Waals surface area (Å²) in [6.45, 7) is 1.76. The van der Waals surface area contributed by atoms with Gasteiger partial charge >= 0.3 is 5.76 Å². The third-order valence-corrected chi connectivity index (χ3v) is 7.64. The summed E-state index contributed by atoms with van der Waals surface area (Å²) in [4.78, 5) is 15.8. The van der Waals surface area contributed by atoms with Crippen molar-refractivity contribution in [3.63, 3.8) is 0 Å². The first-order valence-corrected chi connectivity index (χ1v) is 12.5. The van der Waals surface area contributed by atoms with E-state index in [1.54, 1.807) is 6.92 Å². The maximum absolute atomic E-state index is 15.0. The Kier molecular flexibility index (Phi) is 5.27. The molecule has 9 nitrogen and oxygen atoms in total. The van der Waals surface area contributed by atoms with Gasteiger partial charge in [0, 0.05) is 29.2 Å². The summed E-state index contributed by atoms with van der Waals surface area (Å²) in [5, 5.41) is -0.0182. The molecule has 0 unspecified atom stereocenters. The fourth-order valence-electron chi connectivity index (χ4n) is 3.56. The van der Waals surface area contributed by atoms with Crippen LogP contribution in [0.25, 0.3) is 11.1 Å². The van der Waals surface area contributed by atoms with Crippen LogP contribution in [0.3, 0.4) is 0 Å². The van der Waals surface area contributed by atoms with Crippen LogP contribution in [0.2, 0.25) is 0 Å². The molecule has 0 bridgehead atoms. The van der Waals surface area contributed by atoms with Gasteiger partial charge in [-0.2, -0.15) is 4.37 Å². The highest BCUT2D eigenvalue weighted by Gasteiger charge is 2.36. The summed E-state index contributed by atoms with van der Waals surface area (Å²) in [6.07, 6.45) is 2.84. The monoisotopic (exact) mass is 499 g/mol. The number of anilines is 1. The molecule has 1 atom stereocenters. The third-order valence-electron chi connectivity index (χ3n) is 5.57. The number of halogens is 1. The molecule has 2 aromatic heterocycles. The van der Waals surface area contributed by atoms with Gasteiger partial charge in [-0.05, 0) is 31.4 Å². The van der Waals surface area contributed by atoms with Crippen molar-refractivity contribution in [1.82, 2.24) is 13.9 Å². The van der Waals surface area contributed by atoms with Gasteiger partial charge in [0.2, 0.25) is 5.13 Å². The molecule has 1 saturated carbocycles. The summed E-state index contributed by atoms with van der Waals surface area (Å²) in [5.74, 6) is 4.36. The lowest BCUT2D eigenvalue weighted by Gasteiger charge is -2.15. The summed E-state index contributed by atoms with van der Waals surface area (Å²) < 4.78 is 52.7. The Morgan fingerprint density at radius 1 is 1.32 bits per heavy atom. The molecular formula is C22H18FN5O4S2. The number of fused-ring (bicyclic) bond motifs is 1. The normalized spacial score (nSPS) is 15.5. The predicted octanol–water partition coefficient (Wildman–Crippen LogP) is 2.84. The minimum Gasteiger partial charge on any atom is -0.408 e. The quantitative estimate of drug-likeness (QED) is 0.403. The van der Waals surface area contributed by atoms with Crippen molar-refractivity contribution in [2.75, 3.05) is 4.72 Å². The molecule has 1 aliphatic carbocycles. The van der Waals surface area contributed by atoms with Crippen LogP contribution in [-0.4, -0.2) is 27.9 Å². The Hall–Kier alpha value is -3.53. The molecule has 0 aliphatic heterocycles. The first-order valence-electron chi connectivity index (χ1n) is 10.2. The molecule has 1 aliphatic rings. The predicted molar refractivity (Wildman–Crippen MR) is 124 cm³/mol. The number of nitrogens with zero attached hydrogens (tertiary/aromatic N) is 3. The molecule has 34 heavy (non-hydrogen) atoms. The lowest BCUT2D eigenvalue weighted by atomic mass is 10.0. The molecule has 0 radical (unpaired) electrons. The van der Waals surface area contributed by atoms with Crippen LogP contribution < -0.4 is 16.2 Å². The lowest BCUT2D eigenvalue weighted by Crippen LogP contribution is -2.20. The van der Waals surface area contributed by atoms with Crippen LogP contribution in [-0.2, 0) is 10.0 Å². The molecule has 1 fully saturated rings. The van der Waals surface area contributed by atoms with Crippen molar-refractivity contribution in [3.8, 4) is 11.8 Å². The SMILES string of the molecule is C[C@H](c1ccccc1C#CC1(N)CC1)n1c(=O)oc2cc(S(=O)(=O)Nc3ncns3)c(F)cc21. The number of oxazole rings is 1. The molecule has 0 amide bonds. The minimum absolute atomic E-state index is 0.0182. The van der Waals surface area contributed by atoms with Crippen molar-refractivity contribution >= 4 is 37.8 Å². The number of benzene rings is 2. The molecule has 3 N–H and O–H groups in total. The summed E-state index contributed by atoms with van der Waals surface area (Å²) in [5.41, 5.74) is 7.06. The van der Waals surface area contributed by atoms with Crippen molar-refractivity contribution in [1.29, 1.82) is 0 Å². The van der Waals surface area contributed by atoms with Gasteiger partial charge in [-0.15, -0.1) is 0 Å². The second-order valence-corrected chi connectivity index (χ2v) is 10.4. The van der Waals surface area contributed by atoms with Gasteiger partial charge in [-0.25, -0.2) is 22.6 Å². The molecule has 2 aromatic carbocycles. The van der Waals surface area contributed by atoms with Crippen LogP contribution >= 0.6 is 11.5 Å². The van der Waals surface area contributed by atoms with E-state index in [0.29, 0.717) is 5.56 Å². The average molecular weight is 500 g/mol. The third kappa shape index (κ3) is 4.09. The Balaban J connectivity index is 1.57. The fraction of sp³-hybridized carbons (Fsp3) is 0.227. The molecule has 0 spiro atoms. The highest BCUT2D eigenvalue weighted by atomic mass is 32.2. The summed E-state index contributed by atoms with van der Waals surface area (Å²) in [6, 6.07) is 8.65. The maximum Gasteiger partial charge on any atom is 0.420 e. The van der Waals surface area contributed by atoms with E-state index in [2.05, 4.69) is 25.9 Å². The van der Waals surface area contributed by atoms with E-state index in [-0.39, 0.29) is 16.2 Å². The van der Waals surface area contributed by atoms with Crippen molar-refractivity contribution < 1.29 is 17.2 Å². The Morgan fingerprint density at radius 3 is 2.79 bits per heavy atom. The van der Waals surface area contributed by atoms with E-state index in [9.17, 15) is 17.6 Å². The lowest BCUT2D eigenvalue weighted by molar-refractivity contribution is 0.489. The van der Waals surface area contributed by atoms with Gasteiger partial charge in [0.25, 0.3) is 10.0 Å². The molecule has 2 heterocycles. The van der Waals surface area contributed by atoms with E-state index < -0.39 is 38.1 Å². The van der Waals surface area contributed by atoms with Gasteiger partial charge in [0.05, 0.1) is 17.1 Å². The molecule has 174 valence electrons. The largest absolute Gasteiger partial charge is 0.420 e. The van der Waals surface area contributed by atoms with E-state index in [1.807, 2.05) is 24.3 Å². The first-order chi connectivity index (χ1) is 16.2. The fourth-order valence-corrected chi connectivity index (χ4v) is 5.30. The smallest absolute Gasteiger partial charge is 0.408 e. The van der Waals surface area contributed by atoms with Gasteiger partial charge in [-0.1, -0.05) is 30.0 Å². The van der Waals surface area contributed by atoms with Gasteiger partial charge in [-0.3, -0.25) is 9.29 Å². The summed E-state index contributed by atoms with van der Waals surface area (Å²) in [7, 11) is -4.32. The maximum atomic E-state index is 15.0. The molecule has 5 rings (SSSR count). The number of rotatable bonds is 5. The Labute approximate surface area is 197 Å². The van der Waals surface area contributed by atoms with E-state index >= 15 is 0 Å². The van der Waals surface area contributed by atoms with Crippen molar-refractivity contribution in [2.24, 2.45) is 5.73 Å². The van der Waals surface area contributed by atoms with Crippen molar-refractivity contribution in [3.05, 3.63) is 70.2 Å². The van der Waals surface area contributed by atoms with Gasteiger partial charge in [0.15, 0.2) is 5.58 Å². The van der Waals surface area contributed by atoms with Crippen LogP contribution in [0.4, 0.5) is 9.52 Å². The van der Waals surface area contributed by atoms with Gasteiger partial charge < -0.3 is 10.2 Å². The number of sulfonamides is 1. The average Bonchev–Trinajstić information content (AvgIpc) is 3.16. The Bertz CT molecular complexity index is 1630. The number of hydrogen-bond acceptors (Lipinski definition) is 8. The van der Waals surface area contributed by atoms with E-state index in [0.717, 1.165) is 42.1 Å². The minimum atomic E-state index is -4.32. The standard InChI is InChI=1S/C22H18FN5O4S2/c1-13(15-5-3-2-4-14(15)6-7-22(24)8-9-22)28-17-10-16(23)19(11-18(17)32-21(28)29)34(30,31)27-20-25-12-26-33-20/h2-5,10-13H,8-9,24H2,1H3,(H,25,26,27)/t13-/m1/s1. The molecule has 4 aromatic rings. The van der Waals surface area contributed by atoms with Crippen LogP contribution in [0, 0.1) is 17.7 Å². The topological polar surface area (TPSA) is 133 Å². The van der Waals surface area contributed by atoms with E-state index in [1.165, 1.54) is 10.9 Å². The van der Waals surface area contributed by atoms with E-state index in [4.69, 9.17) is 10.2 Å². The van der Waals surface area contributed by atoms with Crippen LogP contribution in [0.5, 0.6) is 0 Å². The van der Waals surface area contributed by atoms with Gasteiger partial charge in [0.1, 0.15) is 17.0 Å². The number of aromatic nitrogens is 3. The highest BCUT2D eigenvalue weighted by Crippen LogP contribution is 2.32. The van der Waals surface area contributed by atoms with Crippen LogP contribution in [0.15, 0.2) is 56.8 Å². The number of hydrogen-bond donors (Lipinski definition) is 2. The molecular weight excluding hydrogens is 481 g/mol. The summed E-state index contributed by atoms with van der Waals surface area (Å²) >= 11 is 0.802. The number of nitrogens with one attached hydrogen (secondary N) is 1. The zero-order valence-corrected chi connectivity index (χ0v) is 19.4. The zero-order valence-electron chi connectivity index (χ0n) is 17.8. The molecule has 0 saturated heterocycles. The second kappa shape index (κ2) is 8.05. The van der Waals surface area contributed by atoms with Crippen LogP contribution in [0.1, 0.15) is 36.9 Å². The first kappa shape index (κ1) is 22.3. The Morgan fingerprint density at radius 2 is 2.09 bits per heavy atom. The zero-order chi connectivity index (χ0) is 24.1. The molecule has 12 heteroatoms. The highest BCUT2D eigenvalue weighted by molar-refractivity contribution is 7.93.